The molecule has 2 aromatic rings. The molecule has 4 nitrogen and oxygen atoms in total. The highest BCUT2D eigenvalue weighted by atomic mass is 127. The minimum Gasteiger partial charge on any atom is -0.469 e. The molecule has 2 rings (SSSR count). The van der Waals surface area contributed by atoms with Crippen LogP contribution in [0.1, 0.15) is 36.8 Å². The maximum Gasteiger partial charge on any atom is 0.191 e. The average molecular weight is 447 g/mol. The molecule has 0 saturated heterocycles. The number of nitrogens with one attached hydrogen (secondary N) is 2. The summed E-state index contributed by atoms with van der Waals surface area (Å²) in [6.45, 7) is 4.72. The van der Waals surface area contributed by atoms with Crippen molar-refractivity contribution in [2.75, 3.05) is 13.1 Å². The number of nitrogens with zero attached hydrogens (tertiary/aromatic N) is 1. The van der Waals surface area contributed by atoms with E-state index in [1.807, 2.05) is 12.1 Å². The number of hydrogen-bond acceptors (Lipinski definition) is 3. The lowest BCUT2D eigenvalue weighted by Gasteiger charge is -2.12. The maximum atomic E-state index is 5.35. The Morgan fingerprint density at radius 1 is 1.17 bits per heavy atom. The molecule has 0 aromatic carbocycles. The van der Waals surface area contributed by atoms with Crippen LogP contribution in [0.4, 0.5) is 0 Å². The first kappa shape index (κ1) is 20.0. The summed E-state index contributed by atoms with van der Waals surface area (Å²) in [7, 11) is 0. The summed E-state index contributed by atoms with van der Waals surface area (Å²) in [4.78, 5) is 5.94. The van der Waals surface area contributed by atoms with Crippen molar-refractivity contribution < 1.29 is 4.42 Å². The number of furan rings is 1. The first-order valence-electron chi connectivity index (χ1n) is 7.95. The van der Waals surface area contributed by atoms with Gasteiger partial charge in [-0.3, -0.25) is 0 Å². The maximum absolute atomic E-state index is 5.35. The van der Waals surface area contributed by atoms with Gasteiger partial charge in [-0.25, -0.2) is 4.99 Å². The molecular weight excluding hydrogens is 421 g/mol. The van der Waals surface area contributed by atoms with Gasteiger partial charge in [-0.05, 0) is 30.0 Å². The van der Waals surface area contributed by atoms with E-state index in [9.17, 15) is 0 Å². The van der Waals surface area contributed by atoms with Crippen LogP contribution in [0, 0.1) is 0 Å². The Balaban J connectivity index is 0.00000264. The van der Waals surface area contributed by atoms with Crippen LogP contribution in [0.3, 0.4) is 0 Å². The Morgan fingerprint density at radius 3 is 2.74 bits per heavy atom. The zero-order chi connectivity index (χ0) is 15.5. The van der Waals surface area contributed by atoms with E-state index in [0.29, 0.717) is 0 Å². The van der Waals surface area contributed by atoms with E-state index in [2.05, 4.69) is 40.1 Å². The van der Waals surface area contributed by atoms with Gasteiger partial charge < -0.3 is 15.1 Å². The summed E-state index contributed by atoms with van der Waals surface area (Å²) in [5, 5.41) is 8.88. The van der Waals surface area contributed by atoms with Crippen LogP contribution in [0.2, 0.25) is 0 Å². The fourth-order valence-electron chi connectivity index (χ4n) is 2.07. The van der Waals surface area contributed by atoms with Crippen molar-refractivity contribution in [3.63, 3.8) is 0 Å². The number of hydrogen-bond donors (Lipinski definition) is 2. The number of unbranched alkanes of at least 4 members (excludes halogenated alkanes) is 2. The molecule has 0 aliphatic rings. The molecule has 0 amide bonds. The molecule has 23 heavy (non-hydrogen) atoms. The fraction of sp³-hybridized carbons (Fsp3) is 0.471. The van der Waals surface area contributed by atoms with Gasteiger partial charge in [0, 0.05) is 24.4 Å². The molecule has 0 aliphatic heterocycles. The van der Waals surface area contributed by atoms with Crippen molar-refractivity contribution in [1.82, 2.24) is 10.6 Å². The lowest BCUT2D eigenvalue weighted by Crippen LogP contribution is -2.38. The van der Waals surface area contributed by atoms with Gasteiger partial charge in [0.2, 0.25) is 0 Å². The van der Waals surface area contributed by atoms with Gasteiger partial charge in [0.15, 0.2) is 5.96 Å². The summed E-state index contributed by atoms with van der Waals surface area (Å²) in [5.41, 5.74) is 0. The van der Waals surface area contributed by atoms with E-state index in [4.69, 9.17) is 4.42 Å². The Bertz CT molecular complexity index is 526. The molecule has 128 valence electrons. The molecule has 0 radical (unpaired) electrons. The Hall–Kier alpha value is -1.02. The van der Waals surface area contributed by atoms with Crippen molar-refractivity contribution in [2.45, 2.75) is 39.2 Å². The second-order valence-corrected chi connectivity index (χ2v) is 6.17. The quantitative estimate of drug-likeness (QED) is 0.259. The summed E-state index contributed by atoms with van der Waals surface area (Å²) in [6, 6.07) is 8.10. The van der Waals surface area contributed by atoms with Crippen molar-refractivity contribution in [3.05, 3.63) is 46.5 Å². The predicted octanol–water partition coefficient (Wildman–Crippen LogP) is 4.43. The second-order valence-electron chi connectivity index (χ2n) is 5.13. The molecule has 2 N–H and O–H groups in total. The van der Waals surface area contributed by atoms with Crippen LogP contribution >= 0.6 is 35.3 Å². The van der Waals surface area contributed by atoms with Crippen LogP contribution in [0.5, 0.6) is 0 Å². The van der Waals surface area contributed by atoms with E-state index in [0.717, 1.165) is 37.8 Å². The number of guanidine groups is 1. The first-order chi connectivity index (χ1) is 10.9. The molecule has 6 heteroatoms. The highest BCUT2D eigenvalue weighted by molar-refractivity contribution is 14.0. The minimum atomic E-state index is 0. The van der Waals surface area contributed by atoms with Gasteiger partial charge >= 0.3 is 0 Å². The summed E-state index contributed by atoms with van der Waals surface area (Å²) in [5.74, 6) is 1.88. The Labute approximate surface area is 159 Å². The second kappa shape index (κ2) is 12.4. The normalized spacial score (nSPS) is 11.1. The fourth-order valence-corrected chi connectivity index (χ4v) is 2.70. The number of thiophene rings is 1. The summed E-state index contributed by atoms with van der Waals surface area (Å²) < 4.78 is 5.35. The van der Waals surface area contributed by atoms with Crippen molar-refractivity contribution in [1.29, 1.82) is 0 Å². The van der Waals surface area contributed by atoms with E-state index in [1.54, 1.807) is 17.6 Å². The van der Waals surface area contributed by atoms with Crippen molar-refractivity contribution in [3.8, 4) is 0 Å². The standard InChI is InChI=1S/C17H25N3OS.HI/c1-2-3-4-10-18-17(20-14-16-8-6-13-22-16)19-11-9-15-7-5-12-21-15;/h5-8,12-13H,2-4,9-11,14H2,1H3,(H2,18,19,20);1H. The lowest BCUT2D eigenvalue weighted by atomic mass is 10.2. The Morgan fingerprint density at radius 2 is 2.04 bits per heavy atom. The van der Waals surface area contributed by atoms with Crippen LogP contribution in [-0.2, 0) is 13.0 Å². The molecule has 0 fully saturated rings. The third kappa shape index (κ3) is 8.41. The van der Waals surface area contributed by atoms with E-state index < -0.39 is 0 Å². The Kier molecular flexibility index (Phi) is 10.8. The minimum absolute atomic E-state index is 0. The third-order valence-electron chi connectivity index (χ3n) is 3.29. The molecule has 0 aliphatic carbocycles. The van der Waals surface area contributed by atoms with Crippen molar-refractivity contribution in [2.24, 2.45) is 4.99 Å². The third-order valence-corrected chi connectivity index (χ3v) is 4.15. The largest absolute Gasteiger partial charge is 0.469 e. The zero-order valence-corrected chi connectivity index (χ0v) is 16.7. The molecular formula is C17H26IN3OS. The van der Waals surface area contributed by atoms with Crippen molar-refractivity contribution >= 4 is 41.3 Å². The van der Waals surface area contributed by atoms with Gasteiger partial charge in [-0.2, -0.15) is 0 Å². The summed E-state index contributed by atoms with van der Waals surface area (Å²) in [6.07, 6.45) is 6.23. The topological polar surface area (TPSA) is 49.6 Å². The van der Waals surface area contributed by atoms with Gasteiger partial charge in [-0.1, -0.05) is 25.8 Å². The van der Waals surface area contributed by atoms with E-state index in [-0.39, 0.29) is 24.0 Å². The van der Waals surface area contributed by atoms with Gasteiger partial charge in [0.05, 0.1) is 12.8 Å². The molecule has 0 atom stereocenters. The molecule has 2 aromatic heterocycles. The highest BCUT2D eigenvalue weighted by Gasteiger charge is 2.01. The number of rotatable bonds is 9. The smallest absolute Gasteiger partial charge is 0.191 e. The molecule has 0 bridgehead atoms. The molecule has 2 heterocycles. The predicted molar refractivity (Wildman–Crippen MR) is 109 cm³/mol. The van der Waals surface area contributed by atoms with E-state index in [1.165, 1.54) is 24.1 Å². The van der Waals surface area contributed by atoms with Crippen LogP contribution in [0.25, 0.3) is 0 Å². The summed E-state index contributed by atoms with van der Waals surface area (Å²) >= 11 is 1.74. The molecule has 0 spiro atoms. The monoisotopic (exact) mass is 447 g/mol. The van der Waals surface area contributed by atoms with Crippen LogP contribution < -0.4 is 10.6 Å². The molecule has 0 unspecified atom stereocenters. The number of aliphatic imine (C=N–C) groups is 1. The highest BCUT2D eigenvalue weighted by Crippen LogP contribution is 2.09. The zero-order valence-electron chi connectivity index (χ0n) is 13.6. The van der Waals surface area contributed by atoms with Gasteiger partial charge in [0.25, 0.3) is 0 Å². The van der Waals surface area contributed by atoms with Crippen LogP contribution in [0.15, 0.2) is 45.3 Å². The SMILES string of the molecule is CCCCCNC(=NCc1cccs1)NCCc1ccco1.I. The lowest BCUT2D eigenvalue weighted by molar-refractivity contribution is 0.506. The molecule has 0 saturated carbocycles. The first-order valence-corrected chi connectivity index (χ1v) is 8.83. The average Bonchev–Trinajstić information content (AvgIpc) is 3.21. The van der Waals surface area contributed by atoms with Gasteiger partial charge in [-0.15, -0.1) is 35.3 Å². The van der Waals surface area contributed by atoms with Gasteiger partial charge in [0.1, 0.15) is 5.76 Å². The van der Waals surface area contributed by atoms with E-state index >= 15 is 0 Å². The number of halogens is 1. The van der Waals surface area contributed by atoms with Crippen LogP contribution in [-0.4, -0.2) is 19.0 Å².